The van der Waals surface area contributed by atoms with Crippen LogP contribution >= 0.6 is 0 Å². The smallest absolute Gasteiger partial charge is 0.305 e. The summed E-state index contributed by atoms with van der Waals surface area (Å²) in [5.74, 6) is -0.227. The molecule has 110 valence electrons. The van der Waals surface area contributed by atoms with E-state index in [-0.39, 0.29) is 17.7 Å². The van der Waals surface area contributed by atoms with Crippen molar-refractivity contribution in [1.82, 2.24) is 5.32 Å². The second-order valence-electron chi connectivity index (χ2n) is 4.45. The minimum atomic E-state index is -0.395. The topological polar surface area (TPSA) is 81.5 Å². The number of nitrogens with one attached hydrogen (secondary N) is 1. The number of esters is 1. The molecule has 0 spiro atoms. The molecule has 0 aliphatic carbocycles. The van der Waals surface area contributed by atoms with Gasteiger partial charge in [0, 0.05) is 24.6 Å². The molecular formula is C14H20N2O4. The molecule has 0 aromatic heterocycles. The van der Waals surface area contributed by atoms with Crippen molar-refractivity contribution in [2.75, 3.05) is 13.7 Å². The average molecular weight is 280 g/mol. The fourth-order valence-electron chi connectivity index (χ4n) is 1.96. The number of hydrogen-bond donors (Lipinski definition) is 1. The van der Waals surface area contributed by atoms with Crippen LogP contribution in [0.5, 0.6) is 0 Å². The van der Waals surface area contributed by atoms with Gasteiger partial charge in [0.05, 0.1) is 12.0 Å². The normalized spacial score (nSPS) is 11.9. The summed E-state index contributed by atoms with van der Waals surface area (Å²) in [5.41, 5.74) is 0.983. The molecule has 0 saturated heterocycles. The third kappa shape index (κ3) is 4.97. The lowest BCUT2D eigenvalue weighted by Crippen LogP contribution is -2.22. The highest BCUT2D eigenvalue weighted by atomic mass is 16.6. The first-order valence-electron chi connectivity index (χ1n) is 6.63. The van der Waals surface area contributed by atoms with Crippen molar-refractivity contribution >= 4 is 11.7 Å². The second kappa shape index (κ2) is 8.27. The fourth-order valence-corrected chi connectivity index (χ4v) is 1.96. The zero-order valence-electron chi connectivity index (χ0n) is 11.8. The third-order valence-electron chi connectivity index (χ3n) is 3.07. The van der Waals surface area contributed by atoms with Gasteiger partial charge in [0.25, 0.3) is 5.69 Å². The lowest BCUT2D eigenvalue weighted by atomic mass is 10.0. The van der Waals surface area contributed by atoms with Gasteiger partial charge in [-0.15, -0.1) is 0 Å². The van der Waals surface area contributed by atoms with Crippen LogP contribution < -0.4 is 5.32 Å². The van der Waals surface area contributed by atoms with E-state index in [0.717, 1.165) is 12.0 Å². The van der Waals surface area contributed by atoms with Crippen LogP contribution in [0, 0.1) is 10.1 Å². The van der Waals surface area contributed by atoms with Crippen molar-refractivity contribution in [3.63, 3.8) is 0 Å². The van der Waals surface area contributed by atoms with E-state index in [1.54, 1.807) is 12.1 Å². The molecule has 0 amide bonds. The summed E-state index contributed by atoms with van der Waals surface area (Å²) in [6, 6.07) is 6.67. The van der Waals surface area contributed by atoms with Crippen LogP contribution in [-0.4, -0.2) is 24.5 Å². The lowest BCUT2D eigenvalue weighted by molar-refractivity contribution is -0.384. The zero-order chi connectivity index (χ0) is 15.0. The van der Waals surface area contributed by atoms with Gasteiger partial charge < -0.3 is 10.1 Å². The monoisotopic (exact) mass is 280 g/mol. The summed E-state index contributed by atoms with van der Waals surface area (Å²) < 4.78 is 4.57. The maximum atomic E-state index is 11.0. The van der Waals surface area contributed by atoms with Gasteiger partial charge in [0.1, 0.15) is 0 Å². The fraction of sp³-hybridized carbons (Fsp3) is 0.500. The molecule has 1 atom stereocenters. The summed E-state index contributed by atoms with van der Waals surface area (Å²) in [6.07, 6.45) is 1.87. The first kappa shape index (κ1) is 16.1. The summed E-state index contributed by atoms with van der Waals surface area (Å²) in [5, 5.41) is 14.1. The molecule has 1 N–H and O–H groups in total. The second-order valence-corrected chi connectivity index (χ2v) is 4.45. The molecule has 0 aliphatic rings. The molecule has 0 bridgehead atoms. The SMILES string of the molecule is CCC(NCCCC(=O)OC)c1cccc([N+](=O)[O-])c1. The molecule has 1 rings (SSSR count). The Bertz CT molecular complexity index is 462. The number of nitro groups is 1. The predicted molar refractivity (Wildman–Crippen MR) is 75.4 cm³/mol. The maximum Gasteiger partial charge on any atom is 0.305 e. The molecule has 1 aromatic rings. The number of carbonyl (C=O) groups is 1. The average Bonchev–Trinajstić information content (AvgIpc) is 2.47. The van der Waals surface area contributed by atoms with Crippen molar-refractivity contribution in [3.05, 3.63) is 39.9 Å². The van der Waals surface area contributed by atoms with Gasteiger partial charge in [-0.05, 0) is 24.9 Å². The number of hydrogen-bond acceptors (Lipinski definition) is 5. The lowest BCUT2D eigenvalue weighted by Gasteiger charge is -2.17. The van der Waals surface area contributed by atoms with Crippen LogP contribution in [-0.2, 0) is 9.53 Å². The van der Waals surface area contributed by atoms with Crippen molar-refractivity contribution in [2.24, 2.45) is 0 Å². The van der Waals surface area contributed by atoms with Crippen LogP contribution in [0.15, 0.2) is 24.3 Å². The summed E-state index contributed by atoms with van der Waals surface area (Å²) >= 11 is 0. The van der Waals surface area contributed by atoms with Crippen LogP contribution in [0.1, 0.15) is 37.8 Å². The Balaban J connectivity index is 2.55. The molecule has 0 radical (unpaired) electrons. The van der Waals surface area contributed by atoms with E-state index in [2.05, 4.69) is 10.1 Å². The van der Waals surface area contributed by atoms with Gasteiger partial charge in [-0.1, -0.05) is 19.1 Å². The van der Waals surface area contributed by atoms with E-state index in [1.165, 1.54) is 13.2 Å². The molecule has 0 saturated carbocycles. The van der Waals surface area contributed by atoms with E-state index in [0.29, 0.717) is 19.4 Å². The Kier molecular flexibility index (Phi) is 6.66. The molecular weight excluding hydrogens is 260 g/mol. The van der Waals surface area contributed by atoms with E-state index in [4.69, 9.17) is 0 Å². The van der Waals surface area contributed by atoms with Crippen LogP contribution in [0.4, 0.5) is 5.69 Å². The first-order valence-corrected chi connectivity index (χ1v) is 6.63. The van der Waals surface area contributed by atoms with Crippen molar-refractivity contribution < 1.29 is 14.5 Å². The van der Waals surface area contributed by atoms with Crippen molar-refractivity contribution in [1.29, 1.82) is 0 Å². The van der Waals surface area contributed by atoms with E-state index >= 15 is 0 Å². The molecule has 0 fully saturated rings. The molecule has 1 aromatic carbocycles. The van der Waals surface area contributed by atoms with Gasteiger partial charge in [0.15, 0.2) is 0 Å². The molecule has 0 aliphatic heterocycles. The highest BCUT2D eigenvalue weighted by Gasteiger charge is 2.13. The van der Waals surface area contributed by atoms with E-state index in [1.807, 2.05) is 13.0 Å². The zero-order valence-corrected chi connectivity index (χ0v) is 11.8. The Morgan fingerprint density at radius 1 is 1.50 bits per heavy atom. The molecule has 1 unspecified atom stereocenters. The Morgan fingerprint density at radius 3 is 2.85 bits per heavy atom. The number of rotatable bonds is 8. The summed E-state index contributed by atoms with van der Waals surface area (Å²) in [6.45, 7) is 2.67. The number of non-ortho nitro benzene ring substituents is 1. The van der Waals surface area contributed by atoms with Crippen LogP contribution in [0.2, 0.25) is 0 Å². The predicted octanol–water partition coefficient (Wildman–Crippen LogP) is 2.59. The third-order valence-corrected chi connectivity index (χ3v) is 3.07. The van der Waals surface area contributed by atoms with E-state index < -0.39 is 4.92 Å². The molecule has 6 heteroatoms. The molecule has 6 nitrogen and oxygen atoms in total. The highest BCUT2D eigenvalue weighted by Crippen LogP contribution is 2.21. The number of carbonyl (C=O) groups excluding carboxylic acids is 1. The molecule has 0 heterocycles. The number of nitro benzene ring substituents is 1. The van der Waals surface area contributed by atoms with Gasteiger partial charge >= 0.3 is 5.97 Å². The maximum absolute atomic E-state index is 11.0. The van der Waals surface area contributed by atoms with Gasteiger partial charge in [-0.3, -0.25) is 14.9 Å². The minimum Gasteiger partial charge on any atom is -0.469 e. The standard InChI is InChI=1S/C14H20N2O4/c1-3-13(15-9-5-8-14(17)20-2)11-6-4-7-12(10-11)16(18)19/h4,6-7,10,13,15H,3,5,8-9H2,1-2H3. The van der Waals surface area contributed by atoms with Crippen LogP contribution in [0.3, 0.4) is 0 Å². The number of benzene rings is 1. The summed E-state index contributed by atoms with van der Waals surface area (Å²) in [7, 11) is 1.37. The minimum absolute atomic E-state index is 0.0487. The van der Waals surface area contributed by atoms with Crippen molar-refractivity contribution in [2.45, 2.75) is 32.2 Å². The largest absolute Gasteiger partial charge is 0.469 e. The van der Waals surface area contributed by atoms with Crippen LogP contribution in [0.25, 0.3) is 0 Å². The van der Waals surface area contributed by atoms with Gasteiger partial charge in [-0.25, -0.2) is 0 Å². The summed E-state index contributed by atoms with van der Waals surface area (Å²) in [4.78, 5) is 21.4. The first-order chi connectivity index (χ1) is 9.58. The Morgan fingerprint density at radius 2 is 2.25 bits per heavy atom. The number of methoxy groups -OCH3 is 1. The number of ether oxygens (including phenoxy) is 1. The Hall–Kier alpha value is -1.95. The number of nitrogens with zero attached hydrogens (tertiary/aromatic N) is 1. The Labute approximate surface area is 118 Å². The molecule has 20 heavy (non-hydrogen) atoms. The quantitative estimate of drug-likeness (QED) is 0.342. The van der Waals surface area contributed by atoms with Gasteiger partial charge in [0.2, 0.25) is 0 Å². The van der Waals surface area contributed by atoms with E-state index in [9.17, 15) is 14.9 Å². The van der Waals surface area contributed by atoms with Crippen molar-refractivity contribution in [3.8, 4) is 0 Å². The highest BCUT2D eigenvalue weighted by molar-refractivity contribution is 5.69. The van der Waals surface area contributed by atoms with Gasteiger partial charge in [-0.2, -0.15) is 0 Å².